The van der Waals surface area contributed by atoms with Crippen LogP contribution in [0.4, 0.5) is 5.69 Å². The van der Waals surface area contributed by atoms with Gasteiger partial charge in [-0.1, -0.05) is 30.3 Å². The molecule has 3 amide bonds. The molecule has 29 heavy (non-hydrogen) atoms. The first kappa shape index (κ1) is 19.2. The van der Waals surface area contributed by atoms with E-state index in [0.717, 1.165) is 21.1 Å². The Bertz CT molecular complexity index is 1120. The average Bonchev–Trinajstić information content (AvgIpc) is 3.27. The second-order valence-electron chi connectivity index (χ2n) is 6.97. The number of hydrogen-bond donors (Lipinski definition) is 2. The van der Waals surface area contributed by atoms with Crippen molar-refractivity contribution in [2.45, 2.75) is 6.42 Å². The molecule has 1 unspecified atom stereocenters. The minimum atomic E-state index is -0.539. The summed E-state index contributed by atoms with van der Waals surface area (Å²) in [6, 6.07) is 14.9. The average molecular weight is 455 g/mol. The lowest BCUT2D eigenvalue weighted by molar-refractivity contribution is -0.126. The quantitative estimate of drug-likeness (QED) is 0.596. The molecule has 7 nitrogen and oxygen atoms in total. The van der Waals surface area contributed by atoms with Gasteiger partial charge in [-0.3, -0.25) is 25.2 Å². The first-order chi connectivity index (χ1) is 14.0. The molecule has 4 rings (SSSR count). The third-order valence-corrected chi connectivity index (χ3v) is 5.75. The Balaban J connectivity index is 1.42. The normalized spacial score (nSPS) is 16.3. The minimum absolute atomic E-state index is 0.0945. The van der Waals surface area contributed by atoms with Crippen molar-refractivity contribution in [1.82, 2.24) is 15.4 Å². The van der Waals surface area contributed by atoms with Gasteiger partial charge >= 0.3 is 0 Å². The highest BCUT2D eigenvalue weighted by Crippen LogP contribution is 2.31. The number of halogens is 1. The maximum absolute atomic E-state index is 12.6. The molecule has 0 spiro atoms. The number of amides is 3. The van der Waals surface area contributed by atoms with Crippen LogP contribution in [0.2, 0.25) is 0 Å². The van der Waals surface area contributed by atoms with Gasteiger partial charge in [0.05, 0.1) is 17.2 Å². The van der Waals surface area contributed by atoms with Gasteiger partial charge in [0.1, 0.15) is 0 Å². The maximum atomic E-state index is 12.6. The lowest BCUT2D eigenvalue weighted by atomic mass is 10.1. The summed E-state index contributed by atoms with van der Waals surface area (Å²) in [4.78, 5) is 39.1. The number of aromatic nitrogens is 1. The number of anilines is 1. The van der Waals surface area contributed by atoms with E-state index in [1.807, 2.05) is 60.1 Å². The monoisotopic (exact) mass is 454 g/mol. The van der Waals surface area contributed by atoms with Crippen molar-refractivity contribution >= 4 is 50.2 Å². The van der Waals surface area contributed by atoms with Gasteiger partial charge in [-0.2, -0.15) is 0 Å². The lowest BCUT2D eigenvalue weighted by Gasteiger charge is -2.18. The number of para-hydroxylation sites is 2. The highest BCUT2D eigenvalue weighted by molar-refractivity contribution is 9.10. The van der Waals surface area contributed by atoms with Crippen molar-refractivity contribution in [3.8, 4) is 0 Å². The van der Waals surface area contributed by atoms with Crippen molar-refractivity contribution in [2.24, 2.45) is 13.0 Å². The topological polar surface area (TPSA) is 83.4 Å². The molecule has 148 valence electrons. The van der Waals surface area contributed by atoms with Gasteiger partial charge in [0.25, 0.3) is 5.91 Å². The number of fused-ring (bicyclic) bond motifs is 1. The highest BCUT2D eigenvalue weighted by atomic mass is 79.9. The molecule has 3 aromatic rings. The Morgan fingerprint density at radius 3 is 2.59 bits per heavy atom. The largest absolute Gasteiger partial charge is 0.350 e. The van der Waals surface area contributed by atoms with Crippen LogP contribution in [0.25, 0.3) is 10.9 Å². The standard InChI is InChI=1S/C21H19BrN4O3/c1-25-12-15(14-6-2-4-8-17(14)25)21(29)24-23-20(28)13-10-19(27)26(11-13)18-9-5-3-7-16(18)22/h2-9,12-13H,10-11H2,1H3,(H,23,28)(H,24,29). The van der Waals surface area contributed by atoms with E-state index in [0.29, 0.717) is 5.56 Å². The summed E-state index contributed by atoms with van der Waals surface area (Å²) in [7, 11) is 1.86. The summed E-state index contributed by atoms with van der Waals surface area (Å²) in [5, 5.41) is 0.804. The number of benzene rings is 2. The fourth-order valence-electron chi connectivity index (χ4n) is 3.60. The summed E-state index contributed by atoms with van der Waals surface area (Å²) in [6.45, 7) is 0.261. The van der Waals surface area contributed by atoms with Crippen LogP contribution >= 0.6 is 15.9 Å². The lowest BCUT2D eigenvalue weighted by Crippen LogP contribution is -2.45. The zero-order valence-corrected chi connectivity index (χ0v) is 17.3. The molecule has 2 aromatic carbocycles. The van der Waals surface area contributed by atoms with Crippen molar-refractivity contribution in [3.63, 3.8) is 0 Å². The van der Waals surface area contributed by atoms with Crippen molar-refractivity contribution in [3.05, 3.63) is 64.8 Å². The molecule has 1 aliphatic heterocycles. The van der Waals surface area contributed by atoms with Crippen molar-refractivity contribution < 1.29 is 14.4 Å². The second-order valence-corrected chi connectivity index (χ2v) is 7.83. The third-order valence-electron chi connectivity index (χ3n) is 5.08. The Hall–Kier alpha value is -3.13. The molecule has 1 aromatic heterocycles. The van der Waals surface area contributed by atoms with Crippen LogP contribution in [0.15, 0.2) is 59.2 Å². The van der Waals surface area contributed by atoms with Gasteiger partial charge in [-0.25, -0.2) is 0 Å². The van der Waals surface area contributed by atoms with Gasteiger partial charge in [0, 0.05) is 41.6 Å². The molecule has 0 bridgehead atoms. The summed E-state index contributed by atoms with van der Waals surface area (Å²) < 4.78 is 2.65. The Morgan fingerprint density at radius 1 is 1.07 bits per heavy atom. The number of carbonyl (C=O) groups is 3. The number of hydrogen-bond acceptors (Lipinski definition) is 3. The van der Waals surface area contributed by atoms with E-state index in [1.165, 1.54) is 0 Å². The van der Waals surface area contributed by atoms with Crippen LogP contribution in [-0.2, 0) is 16.6 Å². The minimum Gasteiger partial charge on any atom is -0.350 e. The molecule has 1 fully saturated rings. The summed E-state index contributed by atoms with van der Waals surface area (Å²) in [6.07, 6.45) is 1.82. The molecule has 1 aliphatic rings. The predicted molar refractivity (Wildman–Crippen MR) is 113 cm³/mol. The SMILES string of the molecule is Cn1cc(C(=O)NNC(=O)C2CC(=O)N(c3ccccc3Br)C2)c2ccccc21. The second kappa shape index (κ2) is 7.71. The molecule has 8 heteroatoms. The molecule has 2 N–H and O–H groups in total. The molecule has 1 saturated heterocycles. The Kier molecular flexibility index (Phi) is 5.10. The molecule has 0 saturated carbocycles. The number of carbonyl (C=O) groups excluding carboxylic acids is 3. The van der Waals surface area contributed by atoms with E-state index in [1.54, 1.807) is 11.1 Å². The Labute approximate surface area is 175 Å². The van der Waals surface area contributed by atoms with E-state index < -0.39 is 11.8 Å². The van der Waals surface area contributed by atoms with E-state index >= 15 is 0 Å². The van der Waals surface area contributed by atoms with Crippen LogP contribution < -0.4 is 15.8 Å². The van der Waals surface area contributed by atoms with Crippen LogP contribution in [-0.4, -0.2) is 28.8 Å². The summed E-state index contributed by atoms with van der Waals surface area (Å²) in [5.41, 5.74) is 7.06. The first-order valence-electron chi connectivity index (χ1n) is 9.15. The number of nitrogens with zero attached hydrogens (tertiary/aromatic N) is 2. The summed E-state index contributed by atoms with van der Waals surface area (Å²) in [5.74, 6) is -1.46. The first-order valence-corrected chi connectivity index (χ1v) is 9.94. The van der Waals surface area contributed by atoms with Gasteiger partial charge in [0.15, 0.2) is 0 Å². The molecule has 2 heterocycles. The van der Waals surface area contributed by atoms with Crippen molar-refractivity contribution in [2.75, 3.05) is 11.4 Å². The number of nitrogens with one attached hydrogen (secondary N) is 2. The van der Waals surface area contributed by atoms with Gasteiger partial charge in [-0.05, 0) is 34.1 Å². The van der Waals surface area contributed by atoms with E-state index in [2.05, 4.69) is 26.8 Å². The van der Waals surface area contributed by atoms with Crippen LogP contribution in [0.3, 0.4) is 0 Å². The van der Waals surface area contributed by atoms with E-state index in [9.17, 15) is 14.4 Å². The fourth-order valence-corrected chi connectivity index (χ4v) is 4.10. The maximum Gasteiger partial charge on any atom is 0.271 e. The Morgan fingerprint density at radius 2 is 1.79 bits per heavy atom. The molecule has 0 radical (unpaired) electrons. The predicted octanol–water partition coefficient (Wildman–Crippen LogP) is 2.75. The van der Waals surface area contributed by atoms with Gasteiger partial charge in [-0.15, -0.1) is 0 Å². The number of aryl methyl sites for hydroxylation is 1. The molecular weight excluding hydrogens is 436 g/mol. The smallest absolute Gasteiger partial charge is 0.271 e. The van der Waals surface area contributed by atoms with Crippen LogP contribution in [0, 0.1) is 5.92 Å². The number of hydrazine groups is 1. The zero-order valence-electron chi connectivity index (χ0n) is 15.7. The van der Waals surface area contributed by atoms with Crippen molar-refractivity contribution in [1.29, 1.82) is 0 Å². The molecule has 0 aliphatic carbocycles. The number of rotatable bonds is 3. The molecule has 1 atom stereocenters. The van der Waals surface area contributed by atoms with Crippen LogP contribution in [0.1, 0.15) is 16.8 Å². The third kappa shape index (κ3) is 3.63. The zero-order chi connectivity index (χ0) is 20.5. The molecular formula is C21H19BrN4O3. The fraction of sp³-hybridized carbons (Fsp3) is 0.190. The van der Waals surface area contributed by atoms with Crippen LogP contribution in [0.5, 0.6) is 0 Å². The summed E-state index contributed by atoms with van der Waals surface area (Å²) >= 11 is 3.43. The van der Waals surface area contributed by atoms with Gasteiger partial charge in [0.2, 0.25) is 11.8 Å². The van der Waals surface area contributed by atoms with E-state index in [-0.39, 0.29) is 24.8 Å². The van der Waals surface area contributed by atoms with Gasteiger partial charge < -0.3 is 9.47 Å². The highest BCUT2D eigenvalue weighted by Gasteiger charge is 2.36. The van der Waals surface area contributed by atoms with E-state index in [4.69, 9.17) is 0 Å².